The molecule has 1 fully saturated rings. The molecule has 1 aromatic rings. The first-order valence-electron chi connectivity index (χ1n) is 5.41. The zero-order valence-electron chi connectivity index (χ0n) is 9.54. The maximum atomic E-state index is 11.7. The van der Waals surface area contributed by atoms with Gasteiger partial charge >= 0.3 is 5.97 Å². The van der Waals surface area contributed by atoms with Gasteiger partial charge in [-0.3, -0.25) is 19.6 Å². The molecule has 1 amide bonds. The van der Waals surface area contributed by atoms with Gasteiger partial charge in [-0.2, -0.15) is 0 Å². The Kier molecular flexibility index (Phi) is 2.99. The minimum atomic E-state index is -0.915. The van der Waals surface area contributed by atoms with E-state index in [4.69, 9.17) is 5.11 Å². The summed E-state index contributed by atoms with van der Waals surface area (Å²) in [4.78, 5) is 22.6. The Hall–Kier alpha value is -2.04. The van der Waals surface area contributed by atoms with Gasteiger partial charge in [0.05, 0.1) is 18.2 Å². The average molecular weight is 234 g/mol. The topological polar surface area (TPSA) is 60.9 Å². The van der Waals surface area contributed by atoms with Crippen LogP contribution in [0, 0.1) is 5.92 Å². The van der Waals surface area contributed by atoms with E-state index in [0.717, 1.165) is 5.69 Å². The zero-order valence-corrected chi connectivity index (χ0v) is 9.54. The van der Waals surface area contributed by atoms with Crippen LogP contribution in [0.1, 0.15) is 6.42 Å². The van der Waals surface area contributed by atoms with Gasteiger partial charge in [0.25, 0.3) is 0 Å². The second-order valence-electron chi connectivity index (χ2n) is 4.07. The molecule has 5 heteroatoms. The molecule has 1 aromatic carbocycles. The molecule has 0 aliphatic carbocycles. The first-order valence-corrected chi connectivity index (χ1v) is 5.41. The Balaban J connectivity index is 2.14. The Bertz CT molecular complexity index is 433. The fourth-order valence-corrected chi connectivity index (χ4v) is 1.93. The van der Waals surface area contributed by atoms with Crippen LogP contribution in [0.3, 0.4) is 0 Å². The van der Waals surface area contributed by atoms with Crippen LogP contribution in [0.5, 0.6) is 0 Å². The van der Waals surface area contributed by atoms with Gasteiger partial charge in [0, 0.05) is 13.5 Å². The van der Waals surface area contributed by atoms with Crippen LogP contribution in [0.4, 0.5) is 5.69 Å². The molecule has 0 bridgehead atoms. The van der Waals surface area contributed by atoms with Gasteiger partial charge in [-0.1, -0.05) is 18.2 Å². The molecule has 90 valence electrons. The highest BCUT2D eigenvalue weighted by Crippen LogP contribution is 2.23. The minimum absolute atomic E-state index is 0.0759. The van der Waals surface area contributed by atoms with E-state index in [9.17, 15) is 9.59 Å². The third-order valence-corrected chi connectivity index (χ3v) is 2.94. The Morgan fingerprint density at radius 2 is 2.06 bits per heavy atom. The summed E-state index contributed by atoms with van der Waals surface area (Å²) in [5, 5.41) is 12.1. The summed E-state index contributed by atoms with van der Waals surface area (Å²) in [5.74, 6) is -1.67. The van der Waals surface area contributed by atoms with Crippen LogP contribution in [0.15, 0.2) is 30.3 Å². The van der Waals surface area contributed by atoms with Gasteiger partial charge in [0.2, 0.25) is 5.91 Å². The van der Waals surface area contributed by atoms with Gasteiger partial charge in [0.15, 0.2) is 0 Å². The Morgan fingerprint density at radius 3 is 2.59 bits per heavy atom. The van der Waals surface area contributed by atoms with Gasteiger partial charge in [0.1, 0.15) is 0 Å². The van der Waals surface area contributed by atoms with Crippen molar-refractivity contribution in [1.82, 2.24) is 5.01 Å². The second kappa shape index (κ2) is 4.45. The summed E-state index contributed by atoms with van der Waals surface area (Å²) in [5.41, 5.74) is 0.867. The maximum Gasteiger partial charge on any atom is 0.308 e. The van der Waals surface area contributed by atoms with Crippen LogP contribution in [-0.4, -0.2) is 35.6 Å². The van der Waals surface area contributed by atoms with E-state index < -0.39 is 11.9 Å². The summed E-state index contributed by atoms with van der Waals surface area (Å²) in [6, 6.07) is 9.40. The van der Waals surface area contributed by atoms with Crippen LogP contribution in [0.2, 0.25) is 0 Å². The summed E-state index contributed by atoms with van der Waals surface area (Å²) >= 11 is 0. The first-order chi connectivity index (χ1) is 8.09. The van der Waals surface area contributed by atoms with E-state index in [0.29, 0.717) is 0 Å². The molecule has 0 spiro atoms. The molecule has 1 N–H and O–H groups in total. The van der Waals surface area contributed by atoms with Crippen molar-refractivity contribution in [3.8, 4) is 0 Å². The number of carboxylic acid groups (broad SMARTS) is 1. The standard InChI is InChI=1S/C12H14N2O3/c1-13(10-5-3-2-4-6-10)14-8-9(12(16)17)7-11(14)15/h2-6,9H,7-8H2,1H3,(H,16,17). The molecule has 5 nitrogen and oxygen atoms in total. The van der Waals surface area contributed by atoms with Crippen LogP contribution in [-0.2, 0) is 9.59 Å². The lowest BCUT2D eigenvalue weighted by Crippen LogP contribution is -2.41. The number of aliphatic carboxylic acids is 1. The highest BCUT2D eigenvalue weighted by atomic mass is 16.4. The van der Waals surface area contributed by atoms with Crippen molar-refractivity contribution in [2.24, 2.45) is 5.92 Å². The van der Waals surface area contributed by atoms with Crippen LogP contribution < -0.4 is 5.01 Å². The highest BCUT2D eigenvalue weighted by Gasteiger charge is 2.36. The van der Waals surface area contributed by atoms with Gasteiger partial charge < -0.3 is 5.11 Å². The van der Waals surface area contributed by atoms with Crippen molar-refractivity contribution >= 4 is 17.6 Å². The maximum absolute atomic E-state index is 11.7. The first kappa shape index (κ1) is 11.4. The Morgan fingerprint density at radius 1 is 1.41 bits per heavy atom. The number of benzene rings is 1. The zero-order chi connectivity index (χ0) is 12.4. The average Bonchev–Trinajstić information content (AvgIpc) is 2.72. The van der Waals surface area contributed by atoms with Gasteiger partial charge in [-0.25, -0.2) is 0 Å². The normalized spacial score (nSPS) is 19.5. The van der Waals surface area contributed by atoms with Crippen LogP contribution >= 0.6 is 0 Å². The molecule has 1 saturated heterocycles. The number of anilines is 1. The highest BCUT2D eigenvalue weighted by molar-refractivity contribution is 5.87. The molecular formula is C12H14N2O3. The number of nitrogens with zero attached hydrogens (tertiary/aromatic N) is 2. The quantitative estimate of drug-likeness (QED) is 0.846. The number of hydrogen-bond donors (Lipinski definition) is 1. The van der Waals surface area contributed by atoms with Crippen molar-refractivity contribution in [3.05, 3.63) is 30.3 Å². The van der Waals surface area contributed by atoms with Gasteiger partial charge in [-0.15, -0.1) is 0 Å². The van der Waals surface area contributed by atoms with Gasteiger partial charge in [-0.05, 0) is 12.1 Å². The minimum Gasteiger partial charge on any atom is -0.481 e. The number of carbonyl (C=O) groups excluding carboxylic acids is 1. The third-order valence-electron chi connectivity index (χ3n) is 2.94. The predicted octanol–water partition coefficient (Wildman–Crippen LogP) is 0.971. The van der Waals surface area contributed by atoms with E-state index >= 15 is 0 Å². The van der Waals surface area contributed by atoms with E-state index in [2.05, 4.69) is 0 Å². The SMILES string of the molecule is CN(c1ccccc1)N1CC(C(=O)O)CC1=O. The Labute approximate surface area is 99.2 Å². The molecule has 1 aliphatic rings. The number of hydrazine groups is 1. The fraction of sp³-hybridized carbons (Fsp3) is 0.333. The molecule has 0 radical (unpaired) electrons. The number of rotatable bonds is 3. The monoisotopic (exact) mass is 234 g/mol. The molecular weight excluding hydrogens is 220 g/mol. The number of hydrogen-bond acceptors (Lipinski definition) is 3. The predicted molar refractivity (Wildman–Crippen MR) is 62.3 cm³/mol. The van der Waals surface area contributed by atoms with Crippen molar-refractivity contribution in [2.75, 3.05) is 18.6 Å². The van der Waals surface area contributed by atoms with E-state index in [1.165, 1.54) is 5.01 Å². The second-order valence-corrected chi connectivity index (χ2v) is 4.07. The molecule has 1 unspecified atom stereocenters. The number of carbonyl (C=O) groups is 2. The van der Waals surface area contributed by atoms with Crippen molar-refractivity contribution < 1.29 is 14.7 Å². The summed E-state index contributed by atoms with van der Waals surface area (Å²) in [6.45, 7) is 0.236. The van der Waals surface area contributed by atoms with E-state index in [1.807, 2.05) is 30.3 Å². The molecule has 1 aliphatic heterocycles. The molecule has 0 saturated carbocycles. The summed E-state index contributed by atoms with van der Waals surface area (Å²) in [6.07, 6.45) is 0.0759. The number of para-hydroxylation sites is 1. The molecule has 2 rings (SSSR count). The largest absolute Gasteiger partial charge is 0.481 e. The summed E-state index contributed by atoms with van der Waals surface area (Å²) in [7, 11) is 1.76. The lowest BCUT2D eigenvalue weighted by Gasteiger charge is -2.29. The number of carboxylic acids is 1. The number of amides is 1. The molecule has 1 atom stereocenters. The van der Waals surface area contributed by atoms with Crippen molar-refractivity contribution in [1.29, 1.82) is 0 Å². The van der Waals surface area contributed by atoms with Crippen LogP contribution in [0.25, 0.3) is 0 Å². The molecule has 1 heterocycles. The third kappa shape index (κ3) is 2.22. The van der Waals surface area contributed by atoms with E-state index in [1.54, 1.807) is 12.1 Å². The van der Waals surface area contributed by atoms with E-state index in [-0.39, 0.29) is 18.9 Å². The fourth-order valence-electron chi connectivity index (χ4n) is 1.93. The summed E-state index contributed by atoms with van der Waals surface area (Å²) < 4.78 is 0. The molecule has 17 heavy (non-hydrogen) atoms. The van der Waals surface area contributed by atoms with Crippen molar-refractivity contribution in [3.63, 3.8) is 0 Å². The van der Waals surface area contributed by atoms with Crippen molar-refractivity contribution in [2.45, 2.75) is 6.42 Å². The lowest BCUT2D eigenvalue weighted by molar-refractivity contribution is -0.141. The lowest BCUT2D eigenvalue weighted by atomic mass is 10.1. The smallest absolute Gasteiger partial charge is 0.308 e. The molecule has 0 aromatic heterocycles.